The van der Waals surface area contributed by atoms with Gasteiger partial charge in [0.1, 0.15) is 0 Å². The molecule has 0 atom stereocenters. The van der Waals surface area contributed by atoms with Crippen LogP contribution < -0.4 is 5.32 Å². The van der Waals surface area contributed by atoms with E-state index in [4.69, 9.17) is 0 Å². The topological polar surface area (TPSA) is 45.2 Å². The second kappa shape index (κ2) is 6.39. The molecule has 0 bridgehead atoms. The predicted molar refractivity (Wildman–Crippen MR) is 85.5 cm³/mol. The summed E-state index contributed by atoms with van der Waals surface area (Å²) >= 11 is 0. The average Bonchev–Trinajstić information content (AvgIpc) is 2.46. The smallest absolute Gasteiger partial charge is 0.254 e. The highest BCUT2D eigenvalue weighted by molar-refractivity contribution is 5.95. The maximum absolute atomic E-state index is 12.5. The Morgan fingerprint density at radius 3 is 2.62 bits per heavy atom. The standard InChI is InChI=1S/C17H21N3O/c1-12-10-14(18-3)8-9-16(12)17(21)20(4)11-15-7-5-6-13(2)19-15/h5-10,18H,11H2,1-4H3. The highest BCUT2D eigenvalue weighted by Gasteiger charge is 2.15. The van der Waals surface area contributed by atoms with E-state index in [-0.39, 0.29) is 5.91 Å². The number of carbonyl (C=O) groups excluding carboxylic acids is 1. The van der Waals surface area contributed by atoms with Gasteiger partial charge in [0, 0.05) is 31.0 Å². The quantitative estimate of drug-likeness (QED) is 0.938. The van der Waals surface area contributed by atoms with Gasteiger partial charge in [0.2, 0.25) is 0 Å². The lowest BCUT2D eigenvalue weighted by atomic mass is 10.1. The van der Waals surface area contributed by atoms with Crippen LogP contribution in [0.15, 0.2) is 36.4 Å². The Bertz CT molecular complexity index is 652. The number of anilines is 1. The van der Waals surface area contributed by atoms with Crippen LogP contribution >= 0.6 is 0 Å². The first-order valence-corrected chi connectivity index (χ1v) is 6.97. The number of aromatic nitrogens is 1. The minimum atomic E-state index is 0.0125. The number of hydrogen-bond donors (Lipinski definition) is 1. The van der Waals surface area contributed by atoms with Gasteiger partial charge in [-0.1, -0.05) is 6.07 Å². The normalized spacial score (nSPS) is 10.3. The molecule has 4 nitrogen and oxygen atoms in total. The van der Waals surface area contributed by atoms with Gasteiger partial charge in [-0.15, -0.1) is 0 Å². The third-order valence-corrected chi connectivity index (χ3v) is 3.44. The molecule has 0 aliphatic carbocycles. The fourth-order valence-corrected chi connectivity index (χ4v) is 2.27. The third kappa shape index (κ3) is 3.60. The van der Waals surface area contributed by atoms with Crippen LogP contribution in [-0.4, -0.2) is 29.9 Å². The summed E-state index contributed by atoms with van der Waals surface area (Å²) in [6.07, 6.45) is 0. The summed E-state index contributed by atoms with van der Waals surface area (Å²) < 4.78 is 0. The Kier molecular flexibility index (Phi) is 4.58. The first kappa shape index (κ1) is 15.0. The minimum Gasteiger partial charge on any atom is -0.388 e. The van der Waals surface area contributed by atoms with Crippen LogP contribution in [0, 0.1) is 13.8 Å². The second-order valence-corrected chi connectivity index (χ2v) is 5.21. The molecule has 0 aliphatic heterocycles. The summed E-state index contributed by atoms with van der Waals surface area (Å²) in [5.74, 6) is 0.0125. The summed E-state index contributed by atoms with van der Waals surface area (Å²) in [7, 11) is 3.67. The van der Waals surface area contributed by atoms with Gasteiger partial charge in [0.25, 0.3) is 5.91 Å². The number of hydrogen-bond acceptors (Lipinski definition) is 3. The largest absolute Gasteiger partial charge is 0.388 e. The van der Waals surface area contributed by atoms with E-state index < -0.39 is 0 Å². The fraction of sp³-hybridized carbons (Fsp3) is 0.294. The van der Waals surface area contributed by atoms with Gasteiger partial charge in [-0.2, -0.15) is 0 Å². The van der Waals surface area contributed by atoms with Crippen LogP contribution in [0.3, 0.4) is 0 Å². The zero-order chi connectivity index (χ0) is 15.4. The monoisotopic (exact) mass is 283 g/mol. The van der Waals surface area contributed by atoms with E-state index in [9.17, 15) is 4.79 Å². The molecule has 1 aromatic heterocycles. The Morgan fingerprint density at radius 1 is 1.24 bits per heavy atom. The zero-order valence-corrected chi connectivity index (χ0v) is 13.0. The van der Waals surface area contributed by atoms with Gasteiger partial charge in [0.15, 0.2) is 0 Å². The molecule has 1 heterocycles. The molecule has 21 heavy (non-hydrogen) atoms. The van der Waals surface area contributed by atoms with Crippen molar-refractivity contribution in [1.82, 2.24) is 9.88 Å². The van der Waals surface area contributed by atoms with E-state index in [1.54, 1.807) is 11.9 Å². The van der Waals surface area contributed by atoms with E-state index in [2.05, 4.69) is 10.3 Å². The van der Waals surface area contributed by atoms with Crippen molar-refractivity contribution in [3.8, 4) is 0 Å². The van der Waals surface area contributed by atoms with Gasteiger partial charge < -0.3 is 10.2 Å². The Hall–Kier alpha value is -2.36. The summed E-state index contributed by atoms with van der Waals surface area (Å²) in [5, 5.41) is 3.07. The molecule has 0 unspecified atom stereocenters. The SMILES string of the molecule is CNc1ccc(C(=O)N(C)Cc2cccc(C)n2)c(C)c1. The van der Waals surface area contributed by atoms with Gasteiger partial charge in [0.05, 0.1) is 12.2 Å². The molecule has 1 N–H and O–H groups in total. The molecule has 1 aromatic carbocycles. The van der Waals surface area contributed by atoms with E-state index in [1.807, 2.05) is 57.3 Å². The summed E-state index contributed by atoms with van der Waals surface area (Å²) in [6.45, 7) is 4.41. The molecule has 110 valence electrons. The first-order chi connectivity index (χ1) is 10.0. The lowest BCUT2D eigenvalue weighted by Gasteiger charge is -2.18. The van der Waals surface area contributed by atoms with Crippen LogP contribution in [0.1, 0.15) is 27.3 Å². The molecule has 0 aliphatic rings. The Balaban J connectivity index is 2.15. The second-order valence-electron chi connectivity index (χ2n) is 5.21. The highest BCUT2D eigenvalue weighted by atomic mass is 16.2. The minimum absolute atomic E-state index is 0.0125. The maximum Gasteiger partial charge on any atom is 0.254 e. The number of aryl methyl sites for hydroxylation is 2. The number of benzene rings is 1. The van der Waals surface area contributed by atoms with Crippen molar-refractivity contribution in [3.05, 3.63) is 58.9 Å². The number of rotatable bonds is 4. The van der Waals surface area contributed by atoms with Crippen molar-refractivity contribution in [2.45, 2.75) is 20.4 Å². The highest BCUT2D eigenvalue weighted by Crippen LogP contribution is 2.17. The van der Waals surface area contributed by atoms with Crippen molar-refractivity contribution >= 4 is 11.6 Å². The zero-order valence-electron chi connectivity index (χ0n) is 13.0. The Morgan fingerprint density at radius 2 is 2.00 bits per heavy atom. The van der Waals surface area contributed by atoms with Crippen LogP contribution in [0.2, 0.25) is 0 Å². The van der Waals surface area contributed by atoms with E-state index in [1.165, 1.54) is 0 Å². The van der Waals surface area contributed by atoms with E-state index in [0.717, 1.165) is 28.2 Å². The number of amides is 1. The third-order valence-electron chi connectivity index (χ3n) is 3.44. The number of pyridine rings is 1. The molecular formula is C17H21N3O. The summed E-state index contributed by atoms with van der Waals surface area (Å²) in [4.78, 5) is 18.7. The van der Waals surface area contributed by atoms with Crippen molar-refractivity contribution in [3.63, 3.8) is 0 Å². The van der Waals surface area contributed by atoms with E-state index >= 15 is 0 Å². The van der Waals surface area contributed by atoms with Crippen LogP contribution in [0.25, 0.3) is 0 Å². The number of carbonyl (C=O) groups is 1. The molecule has 2 rings (SSSR count). The molecular weight excluding hydrogens is 262 g/mol. The van der Waals surface area contributed by atoms with Crippen molar-refractivity contribution < 1.29 is 4.79 Å². The lowest BCUT2D eigenvalue weighted by Crippen LogP contribution is -2.27. The van der Waals surface area contributed by atoms with Gasteiger partial charge >= 0.3 is 0 Å². The van der Waals surface area contributed by atoms with Crippen molar-refractivity contribution in [1.29, 1.82) is 0 Å². The van der Waals surface area contributed by atoms with Crippen molar-refractivity contribution in [2.24, 2.45) is 0 Å². The van der Waals surface area contributed by atoms with Crippen LogP contribution in [-0.2, 0) is 6.54 Å². The Labute approximate surface area is 125 Å². The molecule has 4 heteroatoms. The van der Waals surface area contributed by atoms with Gasteiger partial charge in [-0.25, -0.2) is 0 Å². The molecule has 0 radical (unpaired) electrons. The molecule has 0 saturated heterocycles. The fourth-order valence-electron chi connectivity index (χ4n) is 2.27. The van der Waals surface area contributed by atoms with Gasteiger partial charge in [-0.05, 0) is 49.7 Å². The maximum atomic E-state index is 12.5. The molecule has 0 fully saturated rings. The van der Waals surface area contributed by atoms with Crippen molar-refractivity contribution in [2.75, 3.05) is 19.4 Å². The van der Waals surface area contributed by atoms with Crippen LogP contribution in [0.5, 0.6) is 0 Å². The number of nitrogens with one attached hydrogen (secondary N) is 1. The van der Waals surface area contributed by atoms with Crippen LogP contribution in [0.4, 0.5) is 5.69 Å². The predicted octanol–water partition coefficient (Wildman–Crippen LogP) is 3.01. The molecule has 0 saturated carbocycles. The lowest BCUT2D eigenvalue weighted by molar-refractivity contribution is 0.0782. The molecule has 1 amide bonds. The summed E-state index contributed by atoms with van der Waals surface area (Å²) in [5.41, 5.74) is 4.56. The average molecular weight is 283 g/mol. The molecule has 2 aromatic rings. The molecule has 0 spiro atoms. The van der Waals surface area contributed by atoms with Gasteiger partial charge in [-0.3, -0.25) is 9.78 Å². The summed E-state index contributed by atoms with van der Waals surface area (Å²) in [6, 6.07) is 11.6. The van der Waals surface area contributed by atoms with E-state index in [0.29, 0.717) is 6.54 Å². The number of nitrogens with zero attached hydrogens (tertiary/aromatic N) is 2. The first-order valence-electron chi connectivity index (χ1n) is 6.97.